The predicted octanol–water partition coefficient (Wildman–Crippen LogP) is 3.43. The van der Waals surface area contributed by atoms with Gasteiger partial charge in [-0.05, 0) is 24.1 Å². The molecule has 0 spiro atoms. The Hall–Kier alpha value is -0.380. The van der Waals surface area contributed by atoms with Crippen molar-refractivity contribution in [1.29, 1.82) is 0 Å². The summed E-state index contributed by atoms with van der Waals surface area (Å²) < 4.78 is 1.14. The summed E-state index contributed by atoms with van der Waals surface area (Å²) >= 11 is 3.60. The van der Waals surface area contributed by atoms with Gasteiger partial charge in [0.2, 0.25) is 0 Å². The number of nitrogens with zero attached hydrogens (tertiary/aromatic N) is 1. The van der Waals surface area contributed by atoms with Crippen molar-refractivity contribution in [2.75, 3.05) is 20.1 Å². The smallest absolute Gasteiger partial charge is 0.0478 e. The second kappa shape index (κ2) is 5.98. The SMILES string of the molecule is CN(CC(C)(C)C)C(CN)c1ccccc1Br. The molecule has 0 radical (unpaired) electrons. The average molecular weight is 299 g/mol. The van der Waals surface area contributed by atoms with Gasteiger partial charge in [-0.1, -0.05) is 54.9 Å². The van der Waals surface area contributed by atoms with E-state index >= 15 is 0 Å². The summed E-state index contributed by atoms with van der Waals surface area (Å²) in [4.78, 5) is 2.33. The maximum Gasteiger partial charge on any atom is 0.0478 e. The van der Waals surface area contributed by atoms with Gasteiger partial charge in [0.25, 0.3) is 0 Å². The molecular weight excluding hydrogens is 276 g/mol. The summed E-state index contributed by atoms with van der Waals surface area (Å²) in [5, 5.41) is 0. The lowest BCUT2D eigenvalue weighted by atomic mass is 9.94. The molecule has 0 aromatic heterocycles. The number of likely N-dealkylation sites (N-methyl/N-ethyl adjacent to an activating group) is 1. The zero-order chi connectivity index (χ0) is 13.1. The van der Waals surface area contributed by atoms with Crippen molar-refractivity contribution >= 4 is 15.9 Å². The first-order valence-corrected chi connectivity index (χ1v) is 6.79. The summed E-state index contributed by atoms with van der Waals surface area (Å²) in [6, 6.07) is 8.58. The van der Waals surface area contributed by atoms with E-state index in [1.807, 2.05) is 6.07 Å². The number of hydrogen-bond acceptors (Lipinski definition) is 2. The molecule has 0 saturated heterocycles. The zero-order valence-corrected chi connectivity index (χ0v) is 12.8. The third-order valence-electron chi connectivity index (χ3n) is 2.74. The second-order valence-electron chi connectivity index (χ2n) is 5.75. The van der Waals surface area contributed by atoms with Crippen LogP contribution in [-0.4, -0.2) is 25.0 Å². The zero-order valence-electron chi connectivity index (χ0n) is 11.2. The van der Waals surface area contributed by atoms with Crippen LogP contribution in [0.3, 0.4) is 0 Å². The Morgan fingerprint density at radius 2 is 1.88 bits per heavy atom. The minimum absolute atomic E-state index is 0.268. The van der Waals surface area contributed by atoms with Gasteiger partial charge < -0.3 is 5.73 Å². The Bertz CT molecular complexity index is 357. The molecular formula is C14H23BrN2. The predicted molar refractivity (Wildman–Crippen MR) is 78.0 cm³/mol. The maximum atomic E-state index is 5.93. The first-order valence-electron chi connectivity index (χ1n) is 6.00. The largest absolute Gasteiger partial charge is 0.329 e. The van der Waals surface area contributed by atoms with Crippen LogP contribution >= 0.6 is 15.9 Å². The van der Waals surface area contributed by atoms with E-state index in [4.69, 9.17) is 5.73 Å². The summed E-state index contributed by atoms with van der Waals surface area (Å²) in [7, 11) is 2.14. The molecule has 96 valence electrons. The molecule has 0 heterocycles. The third-order valence-corrected chi connectivity index (χ3v) is 3.47. The monoisotopic (exact) mass is 298 g/mol. The Kier molecular flexibility index (Phi) is 5.17. The molecule has 1 aromatic carbocycles. The van der Waals surface area contributed by atoms with Gasteiger partial charge in [0.1, 0.15) is 0 Å². The maximum absolute atomic E-state index is 5.93. The normalized spacial score (nSPS) is 14.1. The Balaban J connectivity index is 2.89. The fourth-order valence-electron chi connectivity index (χ4n) is 2.15. The summed E-state index contributed by atoms with van der Waals surface area (Å²) in [6.07, 6.45) is 0. The molecule has 1 unspecified atom stereocenters. The van der Waals surface area contributed by atoms with E-state index in [9.17, 15) is 0 Å². The molecule has 1 aromatic rings. The third kappa shape index (κ3) is 4.41. The Labute approximate surface area is 113 Å². The van der Waals surface area contributed by atoms with Crippen LogP contribution in [0.5, 0.6) is 0 Å². The van der Waals surface area contributed by atoms with Crippen molar-refractivity contribution in [1.82, 2.24) is 4.90 Å². The summed E-state index contributed by atoms with van der Waals surface area (Å²) in [6.45, 7) is 8.40. The number of benzene rings is 1. The van der Waals surface area contributed by atoms with E-state index in [0.717, 1.165) is 11.0 Å². The molecule has 0 aliphatic heterocycles. The quantitative estimate of drug-likeness (QED) is 0.923. The first-order chi connectivity index (χ1) is 7.85. The van der Waals surface area contributed by atoms with Crippen LogP contribution in [0.4, 0.5) is 0 Å². The molecule has 0 bridgehead atoms. The number of nitrogens with two attached hydrogens (primary N) is 1. The van der Waals surface area contributed by atoms with Crippen molar-refractivity contribution in [3.8, 4) is 0 Å². The lowest BCUT2D eigenvalue weighted by Gasteiger charge is -2.33. The molecule has 2 nitrogen and oxygen atoms in total. The average Bonchev–Trinajstić information content (AvgIpc) is 2.19. The van der Waals surface area contributed by atoms with E-state index in [2.05, 4.69) is 66.8 Å². The van der Waals surface area contributed by atoms with Crippen LogP contribution in [0.2, 0.25) is 0 Å². The highest BCUT2D eigenvalue weighted by atomic mass is 79.9. The first kappa shape index (κ1) is 14.7. The van der Waals surface area contributed by atoms with E-state index in [1.165, 1.54) is 5.56 Å². The standard InChI is InChI=1S/C14H23BrN2/c1-14(2,3)10-17(4)13(9-16)11-7-5-6-8-12(11)15/h5-8,13H,9-10,16H2,1-4H3. The van der Waals surface area contributed by atoms with E-state index in [0.29, 0.717) is 6.54 Å². The lowest BCUT2D eigenvalue weighted by Crippen LogP contribution is -2.36. The minimum Gasteiger partial charge on any atom is -0.329 e. The topological polar surface area (TPSA) is 29.3 Å². The van der Waals surface area contributed by atoms with Gasteiger partial charge in [-0.15, -0.1) is 0 Å². The number of halogens is 1. The summed E-state index contributed by atoms with van der Waals surface area (Å²) in [5.41, 5.74) is 7.48. The van der Waals surface area contributed by atoms with Crippen molar-refractivity contribution in [3.05, 3.63) is 34.3 Å². The highest BCUT2D eigenvalue weighted by Crippen LogP contribution is 2.28. The van der Waals surface area contributed by atoms with Gasteiger partial charge in [-0.25, -0.2) is 0 Å². The van der Waals surface area contributed by atoms with E-state index < -0.39 is 0 Å². The van der Waals surface area contributed by atoms with Gasteiger partial charge in [-0.3, -0.25) is 4.90 Å². The van der Waals surface area contributed by atoms with Crippen LogP contribution in [0, 0.1) is 5.41 Å². The molecule has 0 fully saturated rings. The van der Waals surface area contributed by atoms with Crippen molar-refractivity contribution < 1.29 is 0 Å². The number of rotatable bonds is 4. The van der Waals surface area contributed by atoms with Crippen molar-refractivity contribution in [3.63, 3.8) is 0 Å². The molecule has 0 aliphatic rings. The van der Waals surface area contributed by atoms with Crippen molar-refractivity contribution in [2.24, 2.45) is 11.1 Å². The highest BCUT2D eigenvalue weighted by molar-refractivity contribution is 9.10. The Morgan fingerprint density at radius 1 is 1.29 bits per heavy atom. The molecule has 1 rings (SSSR count). The van der Waals surface area contributed by atoms with Crippen LogP contribution in [0.15, 0.2) is 28.7 Å². The van der Waals surface area contributed by atoms with E-state index in [1.54, 1.807) is 0 Å². The van der Waals surface area contributed by atoms with Gasteiger partial charge in [0.05, 0.1) is 0 Å². The fraction of sp³-hybridized carbons (Fsp3) is 0.571. The highest BCUT2D eigenvalue weighted by Gasteiger charge is 2.22. The molecule has 0 saturated carbocycles. The van der Waals surface area contributed by atoms with Crippen LogP contribution in [0.25, 0.3) is 0 Å². The molecule has 0 amide bonds. The second-order valence-corrected chi connectivity index (χ2v) is 6.60. The fourth-order valence-corrected chi connectivity index (χ4v) is 2.70. The minimum atomic E-state index is 0.268. The Morgan fingerprint density at radius 3 is 2.35 bits per heavy atom. The lowest BCUT2D eigenvalue weighted by molar-refractivity contribution is 0.175. The number of hydrogen-bond donors (Lipinski definition) is 1. The van der Waals surface area contributed by atoms with Gasteiger partial charge >= 0.3 is 0 Å². The molecule has 2 N–H and O–H groups in total. The molecule has 1 atom stereocenters. The van der Waals surface area contributed by atoms with Gasteiger partial charge in [0, 0.05) is 23.6 Å². The molecule has 3 heteroatoms. The van der Waals surface area contributed by atoms with Crippen LogP contribution < -0.4 is 5.73 Å². The van der Waals surface area contributed by atoms with Gasteiger partial charge in [0.15, 0.2) is 0 Å². The van der Waals surface area contributed by atoms with Crippen LogP contribution in [-0.2, 0) is 0 Å². The van der Waals surface area contributed by atoms with Crippen LogP contribution in [0.1, 0.15) is 32.4 Å². The van der Waals surface area contributed by atoms with Crippen molar-refractivity contribution in [2.45, 2.75) is 26.8 Å². The molecule has 0 aliphatic carbocycles. The summed E-state index contributed by atoms with van der Waals surface area (Å²) in [5.74, 6) is 0. The van der Waals surface area contributed by atoms with E-state index in [-0.39, 0.29) is 11.5 Å². The molecule has 17 heavy (non-hydrogen) atoms. The van der Waals surface area contributed by atoms with Gasteiger partial charge in [-0.2, -0.15) is 0 Å².